The van der Waals surface area contributed by atoms with Gasteiger partial charge in [-0.1, -0.05) is 48.5 Å². The molecule has 1 unspecified atom stereocenters. The Bertz CT molecular complexity index is 1050. The Balaban J connectivity index is 2.04. The Morgan fingerprint density at radius 1 is 1.14 bits per heavy atom. The van der Waals surface area contributed by atoms with Gasteiger partial charge < -0.3 is 5.32 Å². The molecule has 0 spiro atoms. The maximum Gasteiger partial charge on any atom is 0.222 e. The largest absolute Gasteiger partial charge is 0.364 e. The number of aryl methyl sites for hydroxylation is 1. The zero-order valence-electron chi connectivity index (χ0n) is 17.2. The van der Waals surface area contributed by atoms with Crippen LogP contribution in [0, 0.1) is 6.92 Å². The van der Waals surface area contributed by atoms with E-state index in [2.05, 4.69) is 36.5 Å². The number of benzene rings is 2. The number of Topliss-reactive ketones (excluding diaryl/α,β-unsaturated/α-hetero) is 1. The van der Waals surface area contributed by atoms with Gasteiger partial charge in [-0.2, -0.15) is 0 Å². The zero-order valence-corrected chi connectivity index (χ0v) is 18.1. The van der Waals surface area contributed by atoms with Crippen molar-refractivity contribution in [2.75, 3.05) is 5.32 Å². The van der Waals surface area contributed by atoms with E-state index in [1.165, 1.54) is 13.8 Å². The van der Waals surface area contributed by atoms with Gasteiger partial charge in [0.1, 0.15) is 11.0 Å². The number of amides is 1. The maximum absolute atomic E-state index is 12.8. The van der Waals surface area contributed by atoms with Crippen molar-refractivity contribution in [3.63, 3.8) is 0 Å². The highest BCUT2D eigenvalue weighted by Crippen LogP contribution is 2.61. The molecule has 4 rings (SSSR count). The molecule has 1 amide bonds. The fourth-order valence-electron chi connectivity index (χ4n) is 5.23. The number of thiol groups is 1. The lowest BCUT2D eigenvalue weighted by Gasteiger charge is -2.36. The number of carbonyl (C=O) groups excluding carboxylic acids is 2. The minimum Gasteiger partial charge on any atom is -0.364 e. The summed E-state index contributed by atoms with van der Waals surface area (Å²) in [5.41, 5.74) is 4.92. The Hall–Kier alpha value is -2.53. The van der Waals surface area contributed by atoms with Gasteiger partial charge in [0.25, 0.3) is 0 Å². The maximum atomic E-state index is 12.8. The summed E-state index contributed by atoms with van der Waals surface area (Å²) >= 11 is 4.82. The molecule has 150 valence electrons. The monoisotopic (exact) mass is 406 g/mol. The van der Waals surface area contributed by atoms with Crippen LogP contribution < -0.4 is 5.32 Å². The number of nitrogens with zero attached hydrogens (tertiary/aromatic N) is 1. The van der Waals surface area contributed by atoms with Crippen LogP contribution in [0.2, 0.25) is 0 Å². The van der Waals surface area contributed by atoms with Crippen molar-refractivity contribution in [1.82, 2.24) is 4.90 Å². The number of fused-ring (bicyclic) bond motifs is 3. The Kier molecular flexibility index (Phi) is 4.61. The number of ketones is 1. The highest BCUT2D eigenvalue weighted by Gasteiger charge is 2.66. The second-order valence-electron chi connectivity index (χ2n) is 8.02. The zero-order chi connectivity index (χ0) is 21.0. The van der Waals surface area contributed by atoms with Gasteiger partial charge in [0.2, 0.25) is 5.91 Å². The molecule has 0 aromatic heterocycles. The molecule has 1 saturated heterocycles. The number of nitrogens with one attached hydrogen (secondary N) is 1. The number of likely N-dealkylation sites (tertiary alicyclic amines) is 1. The van der Waals surface area contributed by atoms with Crippen molar-refractivity contribution < 1.29 is 9.59 Å². The third-order valence-electron chi connectivity index (χ3n) is 6.46. The summed E-state index contributed by atoms with van der Waals surface area (Å²) < 4.78 is 0. The van der Waals surface area contributed by atoms with Crippen LogP contribution in [0.5, 0.6) is 0 Å². The number of para-hydroxylation sites is 1. The van der Waals surface area contributed by atoms with Gasteiger partial charge in [0.15, 0.2) is 5.78 Å². The van der Waals surface area contributed by atoms with Gasteiger partial charge in [-0.15, -0.1) is 12.6 Å². The minimum atomic E-state index is -1.17. The molecule has 2 heterocycles. The predicted octanol–water partition coefficient (Wildman–Crippen LogP) is 4.56. The number of allylic oxidation sites excluding steroid dienone is 1. The molecule has 0 bridgehead atoms. The van der Waals surface area contributed by atoms with Crippen LogP contribution in [0.1, 0.15) is 43.9 Å². The quantitative estimate of drug-likeness (QED) is 0.735. The summed E-state index contributed by atoms with van der Waals surface area (Å²) in [6.45, 7) is 7.15. The summed E-state index contributed by atoms with van der Waals surface area (Å²) in [5.74, 6) is -0.285. The number of hydrogen-bond donors (Lipinski definition) is 2. The molecule has 2 aliphatic rings. The molecule has 0 radical (unpaired) electrons. The van der Waals surface area contributed by atoms with Gasteiger partial charge in [0.05, 0.1) is 5.41 Å². The fourth-order valence-corrected chi connectivity index (χ4v) is 5.74. The van der Waals surface area contributed by atoms with Crippen LogP contribution in [0.4, 0.5) is 5.69 Å². The lowest BCUT2D eigenvalue weighted by atomic mass is 9.68. The normalized spacial score (nSPS) is 28.0. The Morgan fingerprint density at radius 3 is 2.41 bits per heavy atom. The van der Waals surface area contributed by atoms with Crippen LogP contribution in [0.25, 0.3) is 5.57 Å². The van der Waals surface area contributed by atoms with E-state index >= 15 is 0 Å². The van der Waals surface area contributed by atoms with E-state index in [1.807, 2.05) is 37.3 Å². The number of hydrogen-bond acceptors (Lipinski definition) is 4. The fraction of sp³-hybridized carbons (Fsp3) is 0.333. The van der Waals surface area contributed by atoms with E-state index in [0.717, 1.165) is 28.0 Å². The first-order chi connectivity index (χ1) is 13.8. The SMILES string of the molecule is C/C=C(\c1ccccc1C)[C@]12CC(S)(C(C)=O)N(C(C)=O)[C@H]1Nc1ccccc12. The first kappa shape index (κ1) is 19.8. The molecule has 5 heteroatoms. The predicted molar refractivity (Wildman–Crippen MR) is 120 cm³/mol. The standard InChI is InChI=1S/C24H26N2O2S/c1-5-19(18-11-7-6-10-15(18)2)23-14-24(29,16(3)27)26(17(4)28)22(23)25-21-13-9-8-12-20(21)23/h5-13,22,25,29H,14H2,1-4H3/b19-5+/t22-,23+,24?/m1/s1. The summed E-state index contributed by atoms with van der Waals surface area (Å²) in [5, 5.41) is 3.55. The highest BCUT2D eigenvalue weighted by atomic mass is 32.1. The van der Waals surface area contributed by atoms with Crippen LogP contribution in [0.15, 0.2) is 54.6 Å². The average Bonchev–Trinajstić information content (AvgIpc) is 3.12. The molecule has 0 aliphatic carbocycles. The van der Waals surface area contributed by atoms with Crippen molar-refractivity contribution in [3.8, 4) is 0 Å². The molecular weight excluding hydrogens is 380 g/mol. The second kappa shape index (κ2) is 6.77. The van der Waals surface area contributed by atoms with Gasteiger partial charge in [-0.25, -0.2) is 0 Å². The lowest BCUT2D eigenvalue weighted by molar-refractivity contribution is -0.138. The number of anilines is 1. The smallest absolute Gasteiger partial charge is 0.222 e. The summed E-state index contributed by atoms with van der Waals surface area (Å²) in [4.78, 5) is 26.0. The van der Waals surface area contributed by atoms with E-state index < -0.39 is 10.3 Å². The molecule has 1 fully saturated rings. The number of carbonyl (C=O) groups is 2. The van der Waals surface area contributed by atoms with Gasteiger partial charge in [-0.3, -0.25) is 14.5 Å². The first-order valence-electron chi connectivity index (χ1n) is 9.89. The van der Waals surface area contributed by atoms with Crippen LogP contribution in [-0.4, -0.2) is 27.6 Å². The second-order valence-corrected chi connectivity index (χ2v) is 8.76. The van der Waals surface area contributed by atoms with Crippen LogP contribution >= 0.6 is 12.6 Å². The van der Waals surface area contributed by atoms with Crippen molar-refractivity contribution in [3.05, 3.63) is 71.3 Å². The third kappa shape index (κ3) is 2.60. The molecule has 29 heavy (non-hydrogen) atoms. The third-order valence-corrected chi connectivity index (χ3v) is 7.14. The minimum absolute atomic E-state index is 0.121. The Labute approximate surface area is 177 Å². The van der Waals surface area contributed by atoms with E-state index in [-0.39, 0.29) is 17.9 Å². The van der Waals surface area contributed by atoms with Crippen molar-refractivity contribution in [1.29, 1.82) is 0 Å². The van der Waals surface area contributed by atoms with Crippen molar-refractivity contribution in [2.45, 2.75) is 50.6 Å². The molecule has 1 N–H and O–H groups in total. The van der Waals surface area contributed by atoms with E-state index in [9.17, 15) is 9.59 Å². The molecule has 0 saturated carbocycles. The molecule has 2 aliphatic heterocycles. The summed E-state index contributed by atoms with van der Waals surface area (Å²) in [6, 6.07) is 16.4. The molecule has 2 aromatic rings. The van der Waals surface area contributed by atoms with Gasteiger partial charge in [-0.05, 0) is 49.1 Å². The lowest BCUT2D eigenvalue weighted by Crippen LogP contribution is -2.53. The Morgan fingerprint density at radius 2 is 1.79 bits per heavy atom. The van der Waals surface area contributed by atoms with Crippen molar-refractivity contribution in [2.24, 2.45) is 0 Å². The van der Waals surface area contributed by atoms with E-state index in [4.69, 9.17) is 12.6 Å². The van der Waals surface area contributed by atoms with E-state index in [0.29, 0.717) is 6.42 Å². The summed E-state index contributed by atoms with van der Waals surface area (Å²) in [6.07, 6.45) is 2.15. The molecule has 4 nitrogen and oxygen atoms in total. The van der Waals surface area contributed by atoms with E-state index in [1.54, 1.807) is 4.90 Å². The van der Waals surface area contributed by atoms with Gasteiger partial charge in [0, 0.05) is 19.0 Å². The van der Waals surface area contributed by atoms with Gasteiger partial charge >= 0.3 is 0 Å². The average molecular weight is 407 g/mol. The number of rotatable bonds is 3. The van der Waals surface area contributed by atoms with Crippen LogP contribution in [-0.2, 0) is 15.0 Å². The topological polar surface area (TPSA) is 49.4 Å². The molecule has 3 atom stereocenters. The highest BCUT2D eigenvalue weighted by molar-refractivity contribution is 7.82. The molecule has 2 aromatic carbocycles. The summed E-state index contributed by atoms with van der Waals surface area (Å²) in [7, 11) is 0. The first-order valence-corrected chi connectivity index (χ1v) is 10.3. The molecular formula is C24H26N2O2S. The van der Waals surface area contributed by atoms with Crippen molar-refractivity contribution >= 4 is 35.6 Å². The van der Waals surface area contributed by atoms with Crippen LogP contribution in [0.3, 0.4) is 0 Å².